The quantitative estimate of drug-likeness (QED) is 0.764. The van der Waals surface area contributed by atoms with Crippen LogP contribution in [0.15, 0.2) is 42.7 Å². The van der Waals surface area contributed by atoms with Gasteiger partial charge in [0.05, 0.1) is 0 Å². The van der Waals surface area contributed by atoms with Gasteiger partial charge in [-0.25, -0.2) is 4.68 Å². The fourth-order valence-electron chi connectivity index (χ4n) is 1.77. The molecule has 0 bridgehead atoms. The van der Waals surface area contributed by atoms with Crippen LogP contribution in [-0.4, -0.2) is 24.7 Å². The van der Waals surface area contributed by atoms with Gasteiger partial charge in [0.1, 0.15) is 0 Å². The van der Waals surface area contributed by atoms with E-state index in [1.165, 1.54) is 4.68 Å². The van der Waals surface area contributed by atoms with Crippen molar-refractivity contribution in [2.24, 2.45) is 0 Å². The summed E-state index contributed by atoms with van der Waals surface area (Å²) >= 11 is 6.10. The molecule has 3 N–H and O–H groups in total. The number of nitrogens with one attached hydrogen (secondary N) is 1. The molecule has 2 heterocycles. The lowest BCUT2D eigenvalue weighted by atomic mass is 10.2. The first-order chi connectivity index (χ1) is 10.2. The van der Waals surface area contributed by atoms with E-state index in [1.807, 2.05) is 24.3 Å². The Bertz CT molecular complexity index is 742. The molecule has 0 saturated carbocycles. The van der Waals surface area contributed by atoms with Gasteiger partial charge in [0.2, 0.25) is 11.9 Å². The van der Waals surface area contributed by atoms with Crippen LogP contribution in [0.5, 0.6) is 0 Å². The summed E-state index contributed by atoms with van der Waals surface area (Å²) in [4.78, 5) is 12.4. The summed E-state index contributed by atoms with van der Waals surface area (Å²) in [6.07, 6.45) is 3.36. The Morgan fingerprint density at radius 2 is 2.00 bits per heavy atom. The van der Waals surface area contributed by atoms with E-state index in [-0.39, 0.29) is 5.95 Å². The Kier molecular flexibility index (Phi) is 3.65. The zero-order chi connectivity index (χ0) is 14.7. The average molecular weight is 302 g/mol. The molecule has 2 aromatic heterocycles. The standard InChI is InChI=1S/C13H12ClN7/c14-10-5-2-1-4-9(10)8-16-12-18-11(15)19-13(20-12)21-7-3-6-17-21/h1-7H,8H2,(H3,15,16,18,19,20). The van der Waals surface area contributed by atoms with Crippen LogP contribution in [-0.2, 0) is 6.54 Å². The highest BCUT2D eigenvalue weighted by atomic mass is 35.5. The van der Waals surface area contributed by atoms with Crippen molar-refractivity contribution in [3.63, 3.8) is 0 Å². The van der Waals surface area contributed by atoms with E-state index in [2.05, 4.69) is 25.4 Å². The number of anilines is 2. The summed E-state index contributed by atoms with van der Waals surface area (Å²) in [5.74, 6) is 0.847. The fourth-order valence-corrected chi connectivity index (χ4v) is 1.97. The zero-order valence-corrected chi connectivity index (χ0v) is 11.7. The van der Waals surface area contributed by atoms with Gasteiger partial charge in [0.15, 0.2) is 0 Å². The molecule has 0 aliphatic rings. The second-order valence-electron chi connectivity index (χ2n) is 4.21. The Morgan fingerprint density at radius 3 is 2.76 bits per heavy atom. The number of hydrogen-bond acceptors (Lipinski definition) is 6. The summed E-state index contributed by atoms with van der Waals surface area (Å²) in [6, 6.07) is 9.32. The monoisotopic (exact) mass is 301 g/mol. The first-order valence-corrected chi connectivity index (χ1v) is 6.59. The molecular formula is C13H12ClN7. The van der Waals surface area contributed by atoms with Gasteiger partial charge in [-0.1, -0.05) is 29.8 Å². The van der Waals surface area contributed by atoms with Crippen molar-refractivity contribution in [1.29, 1.82) is 0 Å². The number of aromatic nitrogens is 5. The lowest BCUT2D eigenvalue weighted by Crippen LogP contribution is -2.11. The molecule has 1 aromatic carbocycles. The number of rotatable bonds is 4. The molecule has 0 fully saturated rings. The van der Waals surface area contributed by atoms with Crippen LogP contribution in [0.25, 0.3) is 5.95 Å². The lowest BCUT2D eigenvalue weighted by Gasteiger charge is -2.08. The average Bonchev–Trinajstić information content (AvgIpc) is 3.00. The molecule has 7 nitrogen and oxygen atoms in total. The van der Waals surface area contributed by atoms with Gasteiger partial charge in [0, 0.05) is 24.0 Å². The van der Waals surface area contributed by atoms with Crippen molar-refractivity contribution in [2.45, 2.75) is 6.54 Å². The van der Waals surface area contributed by atoms with Crippen molar-refractivity contribution >= 4 is 23.5 Å². The number of nitrogens with two attached hydrogens (primary N) is 1. The van der Waals surface area contributed by atoms with E-state index in [0.29, 0.717) is 23.5 Å². The molecule has 0 aliphatic heterocycles. The van der Waals surface area contributed by atoms with E-state index in [4.69, 9.17) is 17.3 Å². The lowest BCUT2D eigenvalue weighted by molar-refractivity contribution is 0.798. The molecule has 0 spiro atoms. The normalized spacial score (nSPS) is 10.5. The third-order valence-corrected chi connectivity index (χ3v) is 3.11. The highest BCUT2D eigenvalue weighted by Gasteiger charge is 2.07. The maximum Gasteiger partial charge on any atom is 0.257 e. The predicted octanol–water partition coefficient (Wildman–Crippen LogP) is 1.91. The van der Waals surface area contributed by atoms with E-state index >= 15 is 0 Å². The van der Waals surface area contributed by atoms with Gasteiger partial charge in [-0.05, 0) is 17.7 Å². The number of nitrogen functional groups attached to an aromatic ring is 1. The molecule has 21 heavy (non-hydrogen) atoms. The van der Waals surface area contributed by atoms with Crippen LogP contribution in [0.2, 0.25) is 5.02 Å². The van der Waals surface area contributed by atoms with Gasteiger partial charge >= 0.3 is 0 Å². The van der Waals surface area contributed by atoms with E-state index in [0.717, 1.165) is 5.56 Å². The van der Waals surface area contributed by atoms with Gasteiger partial charge in [-0.3, -0.25) is 0 Å². The maximum absolute atomic E-state index is 6.10. The topological polar surface area (TPSA) is 94.5 Å². The molecule has 106 valence electrons. The molecular weight excluding hydrogens is 290 g/mol. The predicted molar refractivity (Wildman–Crippen MR) is 80.1 cm³/mol. The van der Waals surface area contributed by atoms with Crippen LogP contribution >= 0.6 is 11.6 Å². The zero-order valence-electron chi connectivity index (χ0n) is 10.9. The number of nitrogens with zero attached hydrogens (tertiary/aromatic N) is 5. The Morgan fingerprint density at radius 1 is 1.14 bits per heavy atom. The smallest absolute Gasteiger partial charge is 0.257 e. The Balaban J connectivity index is 1.81. The van der Waals surface area contributed by atoms with E-state index in [1.54, 1.807) is 18.5 Å². The first kappa shape index (κ1) is 13.3. The molecule has 0 radical (unpaired) electrons. The largest absolute Gasteiger partial charge is 0.368 e. The molecule has 0 saturated heterocycles. The summed E-state index contributed by atoms with van der Waals surface area (Å²) in [7, 11) is 0. The Hall–Kier alpha value is -2.67. The highest BCUT2D eigenvalue weighted by molar-refractivity contribution is 6.31. The van der Waals surface area contributed by atoms with Gasteiger partial charge in [-0.15, -0.1) is 0 Å². The number of hydrogen-bond donors (Lipinski definition) is 2. The van der Waals surface area contributed by atoms with Gasteiger partial charge in [-0.2, -0.15) is 20.1 Å². The van der Waals surface area contributed by atoms with Crippen LogP contribution in [0, 0.1) is 0 Å². The SMILES string of the molecule is Nc1nc(NCc2ccccc2Cl)nc(-n2cccn2)n1. The minimum Gasteiger partial charge on any atom is -0.368 e. The first-order valence-electron chi connectivity index (χ1n) is 6.21. The summed E-state index contributed by atoms with van der Waals surface area (Å²) < 4.78 is 1.51. The molecule has 3 aromatic rings. The van der Waals surface area contributed by atoms with Crippen molar-refractivity contribution in [3.8, 4) is 5.95 Å². The van der Waals surface area contributed by atoms with Crippen LogP contribution < -0.4 is 11.1 Å². The molecule has 0 unspecified atom stereocenters. The van der Waals surface area contributed by atoms with Gasteiger partial charge < -0.3 is 11.1 Å². The third-order valence-electron chi connectivity index (χ3n) is 2.75. The van der Waals surface area contributed by atoms with E-state index < -0.39 is 0 Å². The maximum atomic E-state index is 6.10. The summed E-state index contributed by atoms with van der Waals surface area (Å²) in [5.41, 5.74) is 6.64. The fraction of sp³-hybridized carbons (Fsp3) is 0.0769. The summed E-state index contributed by atoms with van der Waals surface area (Å²) in [6.45, 7) is 0.488. The van der Waals surface area contributed by atoms with Crippen molar-refractivity contribution in [1.82, 2.24) is 24.7 Å². The molecule has 0 amide bonds. The molecule has 3 rings (SSSR count). The van der Waals surface area contributed by atoms with Crippen LogP contribution in [0.1, 0.15) is 5.56 Å². The van der Waals surface area contributed by atoms with Crippen molar-refractivity contribution in [2.75, 3.05) is 11.1 Å². The Labute approximate surface area is 125 Å². The molecule has 8 heteroatoms. The van der Waals surface area contributed by atoms with Crippen molar-refractivity contribution < 1.29 is 0 Å². The van der Waals surface area contributed by atoms with Crippen LogP contribution in [0.3, 0.4) is 0 Å². The third kappa shape index (κ3) is 3.09. The molecule has 0 aliphatic carbocycles. The second kappa shape index (κ2) is 5.76. The van der Waals surface area contributed by atoms with E-state index in [9.17, 15) is 0 Å². The second-order valence-corrected chi connectivity index (χ2v) is 4.62. The minimum absolute atomic E-state index is 0.122. The van der Waals surface area contributed by atoms with Crippen molar-refractivity contribution in [3.05, 3.63) is 53.3 Å². The minimum atomic E-state index is 0.122. The number of benzene rings is 1. The summed E-state index contributed by atoms with van der Waals surface area (Å²) in [5, 5.41) is 7.82. The van der Waals surface area contributed by atoms with Crippen LogP contribution in [0.4, 0.5) is 11.9 Å². The van der Waals surface area contributed by atoms with Gasteiger partial charge in [0.25, 0.3) is 5.95 Å². The highest BCUT2D eigenvalue weighted by Crippen LogP contribution is 2.16. The molecule has 0 atom stereocenters. The number of halogens is 1.